The lowest BCUT2D eigenvalue weighted by Gasteiger charge is -2.06. The second kappa shape index (κ2) is 5.44. The highest BCUT2D eigenvalue weighted by Crippen LogP contribution is 2.18. The van der Waals surface area contributed by atoms with Crippen LogP contribution in [0.15, 0.2) is 12.4 Å². The molecule has 1 N–H and O–H groups in total. The number of aryl methyl sites for hydroxylation is 2. The normalized spacial score (nSPS) is 10.4. The molecule has 7 nitrogen and oxygen atoms in total. The molecule has 0 aliphatic carbocycles. The van der Waals surface area contributed by atoms with E-state index in [0.29, 0.717) is 5.88 Å². The van der Waals surface area contributed by atoms with Gasteiger partial charge in [-0.25, -0.2) is 4.98 Å². The zero-order valence-electron chi connectivity index (χ0n) is 10.7. The molecule has 0 aliphatic heterocycles. The van der Waals surface area contributed by atoms with Crippen molar-refractivity contribution in [2.24, 2.45) is 7.05 Å². The number of nitrogens with one attached hydrogen (secondary N) is 1. The van der Waals surface area contributed by atoms with Crippen LogP contribution in [0.3, 0.4) is 0 Å². The molecule has 0 aromatic carbocycles. The number of hydrogen-bond acceptors (Lipinski definition) is 6. The lowest BCUT2D eigenvalue weighted by atomic mass is 10.3. The first-order valence-electron chi connectivity index (χ1n) is 5.80. The van der Waals surface area contributed by atoms with Crippen LogP contribution in [0.5, 0.6) is 11.9 Å². The number of nitrogens with zero attached hydrogens (tertiary/aromatic N) is 5. The molecule has 96 valence electrons. The van der Waals surface area contributed by atoms with E-state index in [1.807, 2.05) is 0 Å². The molecule has 0 fully saturated rings. The first-order chi connectivity index (χ1) is 8.71. The van der Waals surface area contributed by atoms with Crippen molar-refractivity contribution in [1.82, 2.24) is 24.7 Å². The second-order valence-electron chi connectivity index (χ2n) is 3.81. The molecular weight excluding hydrogens is 232 g/mol. The number of aromatic nitrogens is 5. The summed E-state index contributed by atoms with van der Waals surface area (Å²) in [7, 11) is 3.59. The fraction of sp³-hybridized carbons (Fsp3) is 0.455. The van der Waals surface area contributed by atoms with Gasteiger partial charge in [0.25, 0.3) is 0 Å². The third-order valence-electron chi connectivity index (χ3n) is 2.25. The molecule has 7 heteroatoms. The second-order valence-corrected chi connectivity index (χ2v) is 3.81. The van der Waals surface area contributed by atoms with Gasteiger partial charge in [0.15, 0.2) is 0 Å². The summed E-state index contributed by atoms with van der Waals surface area (Å²) in [5.74, 6) is 1.92. The van der Waals surface area contributed by atoms with Crippen molar-refractivity contribution in [2.45, 2.75) is 19.8 Å². The van der Waals surface area contributed by atoms with Crippen LogP contribution in [0.25, 0.3) is 0 Å². The Balaban J connectivity index is 2.23. The highest BCUT2D eigenvalue weighted by Gasteiger charge is 2.07. The minimum Gasteiger partial charge on any atom is -0.404 e. The Hall–Kier alpha value is -2.18. The summed E-state index contributed by atoms with van der Waals surface area (Å²) in [5, 5.41) is 7.02. The molecule has 0 amide bonds. The van der Waals surface area contributed by atoms with Crippen molar-refractivity contribution >= 4 is 5.82 Å². The van der Waals surface area contributed by atoms with Gasteiger partial charge >= 0.3 is 6.01 Å². The van der Waals surface area contributed by atoms with Gasteiger partial charge in [0, 0.05) is 26.6 Å². The van der Waals surface area contributed by atoms with E-state index in [4.69, 9.17) is 4.74 Å². The van der Waals surface area contributed by atoms with E-state index < -0.39 is 0 Å². The summed E-state index contributed by atoms with van der Waals surface area (Å²) >= 11 is 0. The molecular formula is C11H16N6O. The van der Waals surface area contributed by atoms with E-state index in [-0.39, 0.29) is 6.01 Å². The van der Waals surface area contributed by atoms with E-state index >= 15 is 0 Å². The third-order valence-corrected chi connectivity index (χ3v) is 2.25. The Morgan fingerprint density at radius 1 is 1.39 bits per heavy atom. The van der Waals surface area contributed by atoms with Crippen LogP contribution in [-0.4, -0.2) is 31.8 Å². The number of rotatable bonds is 5. The van der Waals surface area contributed by atoms with Gasteiger partial charge in [-0.2, -0.15) is 9.97 Å². The van der Waals surface area contributed by atoms with Gasteiger partial charge in [0.2, 0.25) is 5.88 Å². The maximum Gasteiger partial charge on any atom is 0.342 e. The maximum absolute atomic E-state index is 5.49. The van der Waals surface area contributed by atoms with Crippen LogP contribution >= 0.6 is 0 Å². The van der Waals surface area contributed by atoms with Gasteiger partial charge < -0.3 is 10.1 Å². The predicted molar refractivity (Wildman–Crippen MR) is 66.7 cm³/mol. The molecule has 0 atom stereocenters. The average molecular weight is 248 g/mol. The summed E-state index contributed by atoms with van der Waals surface area (Å²) in [6.07, 6.45) is 3.36. The molecule has 2 aromatic heterocycles. The Labute approximate surface area is 105 Å². The zero-order valence-corrected chi connectivity index (χ0v) is 10.7. The molecule has 0 saturated heterocycles. The van der Waals surface area contributed by atoms with Gasteiger partial charge in [-0.15, -0.1) is 5.10 Å². The van der Waals surface area contributed by atoms with Gasteiger partial charge in [-0.1, -0.05) is 6.92 Å². The Morgan fingerprint density at radius 3 is 2.83 bits per heavy atom. The standard InChI is InChI=1S/C11H16N6O/c1-4-5-8-14-9(12-2)6-10(15-8)18-11-13-7-17(3)16-11/h6-7H,4-5H2,1-3H3,(H,12,14,15). The van der Waals surface area contributed by atoms with Gasteiger partial charge in [0.1, 0.15) is 18.0 Å². The van der Waals surface area contributed by atoms with E-state index in [1.165, 1.54) is 0 Å². The van der Waals surface area contributed by atoms with Crippen molar-refractivity contribution in [3.63, 3.8) is 0 Å². The molecule has 0 unspecified atom stereocenters. The van der Waals surface area contributed by atoms with Gasteiger partial charge in [-0.3, -0.25) is 4.68 Å². The SMILES string of the molecule is CCCc1nc(NC)cc(Oc2ncn(C)n2)n1. The minimum atomic E-state index is 0.278. The minimum absolute atomic E-state index is 0.278. The first kappa shape index (κ1) is 12.3. The Kier molecular flexibility index (Phi) is 3.71. The van der Waals surface area contributed by atoms with Crippen LogP contribution < -0.4 is 10.1 Å². The summed E-state index contributed by atoms with van der Waals surface area (Å²) in [6, 6.07) is 2.00. The smallest absolute Gasteiger partial charge is 0.342 e. The number of ether oxygens (including phenoxy) is 1. The number of hydrogen-bond donors (Lipinski definition) is 1. The fourth-order valence-electron chi connectivity index (χ4n) is 1.45. The largest absolute Gasteiger partial charge is 0.404 e. The predicted octanol–water partition coefficient (Wildman–Crippen LogP) is 1.39. The van der Waals surface area contributed by atoms with Gasteiger partial charge in [-0.05, 0) is 6.42 Å². The van der Waals surface area contributed by atoms with E-state index in [1.54, 1.807) is 31.2 Å². The van der Waals surface area contributed by atoms with E-state index in [2.05, 4.69) is 32.3 Å². The Morgan fingerprint density at radius 2 is 2.22 bits per heavy atom. The molecule has 0 radical (unpaired) electrons. The first-order valence-corrected chi connectivity index (χ1v) is 5.80. The highest BCUT2D eigenvalue weighted by molar-refractivity contribution is 5.38. The molecule has 0 bridgehead atoms. The van der Waals surface area contributed by atoms with Crippen LogP contribution in [0.1, 0.15) is 19.2 Å². The van der Waals surface area contributed by atoms with Crippen LogP contribution in [0.2, 0.25) is 0 Å². The molecule has 0 saturated carbocycles. The molecule has 18 heavy (non-hydrogen) atoms. The molecule has 2 rings (SSSR count). The van der Waals surface area contributed by atoms with Crippen LogP contribution in [-0.2, 0) is 13.5 Å². The zero-order chi connectivity index (χ0) is 13.0. The Bertz CT molecular complexity index is 524. The van der Waals surface area contributed by atoms with Crippen molar-refractivity contribution < 1.29 is 4.74 Å². The summed E-state index contributed by atoms with van der Waals surface area (Å²) in [4.78, 5) is 12.6. The molecule has 2 heterocycles. The highest BCUT2D eigenvalue weighted by atomic mass is 16.5. The van der Waals surface area contributed by atoms with Crippen molar-refractivity contribution in [2.75, 3.05) is 12.4 Å². The molecule has 0 aliphatic rings. The molecule has 2 aromatic rings. The van der Waals surface area contributed by atoms with E-state index in [0.717, 1.165) is 24.5 Å². The van der Waals surface area contributed by atoms with Crippen LogP contribution in [0.4, 0.5) is 5.82 Å². The van der Waals surface area contributed by atoms with Gasteiger partial charge in [0.05, 0.1) is 0 Å². The van der Waals surface area contributed by atoms with Crippen molar-refractivity contribution in [3.05, 3.63) is 18.2 Å². The summed E-state index contributed by atoms with van der Waals surface area (Å²) < 4.78 is 7.07. The van der Waals surface area contributed by atoms with E-state index in [9.17, 15) is 0 Å². The van der Waals surface area contributed by atoms with Crippen LogP contribution in [0, 0.1) is 0 Å². The number of anilines is 1. The third kappa shape index (κ3) is 2.93. The summed E-state index contributed by atoms with van der Waals surface area (Å²) in [6.45, 7) is 2.08. The molecule has 0 spiro atoms. The maximum atomic E-state index is 5.49. The topological polar surface area (TPSA) is 77.8 Å². The van der Waals surface area contributed by atoms with Crippen molar-refractivity contribution in [3.8, 4) is 11.9 Å². The lowest BCUT2D eigenvalue weighted by Crippen LogP contribution is -2.02. The lowest BCUT2D eigenvalue weighted by molar-refractivity contribution is 0.419. The monoisotopic (exact) mass is 248 g/mol. The average Bonchev–Trinajstić information content (AvgIpc) is 2.75. The summed E-state index contributed by atoms with van der Waals surface area (Å²) in [5.41, 5.74) is 0. The fourth-order valence-corrected chi connectivity index (χ4v) is 1.45. The van der Waals surface area contributed by atoms with Crippen molar-refractivity contribution in [1.29, 1.82) is 0 Å². The quantitative estimate of drug-likeness (QED) is 0.861.